The van der Waals surface area contributed by atoms with Crippen molar-refractivity contribution in [1.29, 1.82) is 0 Å². The van der Waals surface area contributed by atoms with Crippen molar-refractivity contribution < 1.29 is 19.4 Å². The maximum absolute atomic E-state index is 11.4. The van der Waals surface area contributed by atoms with Crippen molar-refractivity contribution >= 4 is 12.1 Å². The van der Waals surface area contributed by atoms with Crippen LogP contribution in [0.5, 0.6) is 0 Å². The molecule has 0 fully saturated rings. The Kier molecular flexibility index (Phi) is 3.72. The van der Waals surface area contributed by atoms with Gasteiger partial charge >= 0.3 is 12.1 Å². The van der Waals surface area contributed by atoms with E-state index in [2.05, 4.69) is 15.5 Å². The minimum atomic E-state index is -1.18. The lowest BCUT2D eigenvalue weighted by Gasteiger charge is -2.21. The number of H-pyrrole nitrogens is 1. The topological polar surface area (TPSA) is 104 Å². The molecule has 0 bridgehead atoms. The third-order valence-electron chi connectivity index (χ3n) is 1.76. The number of ether oxygens (including phenoxy) is 1. The number of carboxylic acid groups (broad SMARTS) is 1. The van der Waals surface area contributed by atoms with Gasteiger partial charge in [-0.1, -0.05) is 0 Å². The molecule has 17 heavy (non-hydrogen) atoms. The standard InChI is InChI=1S/C10H15N3O4/c1-10(2,3)17-9(16)13-7(8(14)15)6-4-11-12-5-6/h4-5,7H,1-3H3,(H,11,12)(H,13,16)(H,14,15). The third kappa shape index (κ3) is 4.13. The number of alkyl carbamates (subject to hydrolysis) is 1. The maximum Gasteiger partial charge on any atom is 0.408 e. The van der Waals surface area contributed by atoms with Crippen LogP contribution in [0.4, 0.5) is 4.79 Å². The molecule has 94 valence electrons. The second-order valence-electron chi connectivity index (χ2n) is 4.45. The van der Waals surface area contributed by atoms with Crippen molar-refractivity contribution in [3.63, 3.8) is 0 Å². The van der Waals surface area contributed by atoms with Gasteiger partial charge in [-0.05, 0) is 20.8 Å². The molecular formula is C10H15N3O4. The molecule has 7 heteroatoms. The highest BCUT2D eigenvalue weighted by molar-refractivity contribution is 5.81. The first-order valence-electron chi connectivity index (χ1n) is 5.00. The van der Waals surface area contributed by atoms with Gasteiger partial charge in [-0.15, -0.1) is 0 Å². The quantitative estimate of drug-likeness (QED) is 0.734. The Balaban J connectivity index is 2.69. The van der Waals surface area contributed by atoms with E-state index in [4.69, 9.17) is 9.84 Å². The minimum Gasteiger partial charge on any atom is -0.479 e. The Morgan fingerprint density at radius 2 is 2.18 bits per heavy atom. The highest BCUT2D eigenvalue weighted by Gasteiger charge is 2.25. The van der Waals surface area contributed by atoms with E-state index in [1.54, 1.807) is 20.8 Å². The van der Waals surface area contributed by atoms with Gasteiger partial charge in [-0.3, -0.25) is 5.10 Å². The maximum atomic E-state index is 11.4. The minimum absolute atomic E-state index is 0.350. The number of hydrogen-bond acceptors (Lipinski definition) is 4. The molecule has 1 unspecified atom stereocenters. The fourth-order valence-corrected chi connectivity index (χ4v) is 1.13. The predicted octanol–water partition coefficient (Wildman–Crippen LogP) is 1.06. The number of rotatable bonds is 3. The molecule has 3 N–H and O–H groups in total. The molecule has 0 saturated heterocycles. The Hall–Kier alpha value is -2.05. The van der Waals surface area contributed by atoms with Crippen molar-refractivity contribution in [3.8, 4) is 0 Å². The average Bonchev–Trinajstić information content (AvgIpc) is 2.63. The fraction of sp³-hybridized carbons (Fsp3) is 0.500. The third-order valence-corrected chi connectivity index (χ3v) is 1.76. The second kappa shape index (κ2) is 4.86. The highest BCUT2D eigenvalue weighted by Crippen LogP contribution is 2.13. The molecule has 0 aliphatic carbocycles. The first kappa shape index (κ1) is 13.0. The number of aliphatic carboxylic acids is 1. The number of carboxylic acids is 1. The van der Waals surface area contributed by atoms with E-state index in [0.29, 0.717) is 5.56 Å². The molecule has 0 spiro atoms. The SMILES string of the molecule is CC(C)(C)OC(=O)NC(C(=O)O)c1cn[nH]c1. The predicted molar refractivity (Wildman–Crippen MR) is 58.3 cm³/mol. The zero-order valence-electron chi connectivity index (χ0n) is 9.85. The lowest BCUT2D eigenvalue weighted by atomic mass is 10.1. The Morgan fingerprint density at radius 1 is 1.53 bits per heavy atom. The van der Waals surface area contributed by atoms with E-state index in [0.717, 1.165) is 0 Å². The molecular weight excluding hydrogens is 226 g/mol. The second-order valence-corrected chi connectivity index (χ2v) is 4.45. The highest BCUT2D eigenvalue weighted by atomic mass is 16.6. The van der Waals surface area contributed by atoms with Crippen molar-refractivity contribution in [3.05, 3.63) is 18.0 Å². The fourth-order valence-electron chi connectivity index (χ4n) is 1.13. The largest absolute Gasteiger partial charge is 0.479 e. The molecule has 1 aromatic heterocycles. The molecule has 0 aromatic carbocycles. The van der Waals surface area contributed by atoms with E-state index >= 15 is 0 Å². The number of aromatic amines is 1. The van der Waals surface area contributed by atoms with E-state index < -0.39 is 23.7 Å². The summed E-state index contributed by atoms with van der Waals surface area (Å²) in [5.74, 6) is -1.18. The normalized spacial score (nSPS) is 12.9. The molecule has 1 amide bonds. The van der Waals surface area contributed by atoms with Crippen LogP contribution >= 0.6 is 0 Å². The molecule has 7 nitrogen and oxygen atoms in total. The smallest absolute Gasteiger partial charge is 0.408 e. The van der Waals surface area contributed by atoms with Gasteiger partial charge in [0, 0.05) is 11.8 Å². The number of carbonyl (C=O) groups excluding carboxylic acids is 1. The summed E-state index contributed by atoms with van der Waals surface area (Å²) in [4.78, 5) is 22.4. The van der Waals surface area contributed by atoms with Crippen LogP contribution in [0.1, 0.15) is 32.4 Å². The van der Waals surface area contributed by atoms with Crippen LogP contribution < -0.4 is 5.32 Å². The van der Waals surface area contributed by atoms with Crippen LogP contribution in [0.2, 0.25) is 0 Å². The summed E-state index contributed by atoms with van der Waals surface area (Å²) in [6, 6.07) is -1.18. The Morgan fingerprint density at radius 3 is 2.59 bits per heavy atom. The number of carbonyl (C=O) groups is 2. The summed E-state index contributed by atoms with van der Waals surface area (Å²) in [7, 11) is 0. The van der Waals surface area contributed by atoms with Crippen LogP contribution in [0, 0.1) is 0 Å². The molecule has 1 aromatic rings. The van der Waals surface area contributed by atoms with Crippen molar-refractivity contribution in [2.24, 2.45) is 0 Å². The summed E-state index contributed by atoms with van der Waals surface area (Å²) in [6.07, 6.45) is 1.94. The van der Waals surface area contributed by atoms with E-state index in [-0.39, 0.29) is 0 Å². The molecule has 0 aliphatic rings. The first-order chi connectivity index (χ1) is 7.79. The molecule has 0 aliphatic heterocycles. The summed E-state index contributed by atoms with van der Waals surface area (Å²) in [5.41, 5.74) is -0.327. The molecule has 0 radical (unpaired) electrons. The zero-order valence-corrected chi connectivity index (χ0v) is 9.85. The van der Waals surface area contributed by atoms with Gasteiger partial charge in [0.05, 0.1) is 6.20 Å². The molecule has 1 rings (SSSR count). The van der Waals surface area contributed by atoms with E-state index in [1.165, 1.54) is 12.4 Å². The number of nitrogens with one attached hydrogen (secondary N) is 2. The number of amides is 1. The summed E-state index contributed by atoms with van der Waals surface area (Å²) in [6.45, 7) is 5.08. The number of nitrogens with zero attached hydrogens (tertiary/aromatic N) is 1. The van der Waals surface area contributed by atoms with Gasteiger partial charge in [0.2, 0.25) is 0 Å². The molecule has 1 heterocycles. The first-order valence-corrected chi connectivity index (χ1v) is 5.00. The van der Waals surface area contributed by atoms with Crippen LogP contribution in [0.3, 0.4) is 0 Å². The van der Waals surface area contributed by atoms with Crippen LogP contribution in [-0.4, -0.2) is 33.0 Å². The van der Waals surface area contributed by atoms with Gasteiger partial charge in [-0.25, -0.2) is 9.59 Å². The van der Waals surface area contributed by atoms with Crippen LogP contribution in [0.25, 0.3) is 0 Å². The number of hydrogen-bond donors (Lipinski definition) is 3. The van der Waals surface area contributed by atoms with Crippen LogP contribution in [-0.2, 0) is 9.53 Å². The summed E-state index contributed by atoms with van der Waals surface area (Å²) < 4.78 is 4.97. The Bertz CT molecular complexity index is 394. The lowest BCUT2D eigenvalue weighted by Crippen LogP contribution is -2.37. The van der Waals surface area contributed by atoms with Crippen molar-refractivity contribution in [2.45, 2.75) is 32.4 Å². The van der Waals surface area contributed by atoms with Gasteiger partial charge in [-0.2, -0.15) is 5.10 Å². The van der Waals surface area contributed by atoms with Gasteiger partial charge in [0.25, 0.3) is 0 Å². The van der Waals surface area contributed by atoms with Gasteiger partial charge in [0.1, 0.15) is 5.60 Å². The van der Waals surface area contributed by atoms with Crippen molar-refractivity contribution in [2.75, 3.05) is 0 Å². The van der Waals surface area contributed by atoms with Crippen LogP contribution in [0.15, 0.2) is 12.4 Å². The van der Waals surface area contributed by atoms with Gasteiger partial charge < -0.3 is 15.2 Å². The average molecular weight is 241 g/mol. The summed E-state index contributed by atoms with van der Waals surface area (Å²) >= 11 is 0. The van der Waals surface area contributed by atoms with Gasteiger partial charge in [0.15, 0.2) is 6.04 Å². The molecule has 1 atom stereocenters. The molecule has 0 saturated carbocycles. The van der Waals surface area contributed by atoms with Crippen molar-refractivity contribution in [1.82, 2.24) is 15.5 Å². The Labute approximate surface area is 98.2 Å². The summed E-state index contributed by atoms with van der Waals surface area (Å²) in [5, 5.41) is 17.3. The van der Waals surface area contributed by atoms with E-state index in [1.807, 2.05) is 0 Å². The van der Waals surface area contributed by atoms with E-state index in [9.17, 15) is 9.59 Å². The monoisotopic (exact) mass is 241 g/mol. The lowest BCUT2D eigenvalue weighted by molar-refractivity contribution is -0.139. The number of aromatic nitrogens is 2. The zero-order chi connectivity index (χ0) is 13.1.